The molecule has 0 saturated heterocycles. The van der Waals surface area contributed by atoms with Crippen LogP contribution in [0.5, 0.6) is 0 Å². The second kappa shape index (κ2) is 6.05. The van der Waals surface area contributed by atoms with Gasteiger partial charge in [0.2, 0.25) is 0 Å². The Hall–Kier alpha value is -0.480. The maximum Gasteiger partial charge on any atom is 0.0635 e. The predicted molar refractivity (Wildman–Crippen MR) is 57.6 cm³/mol. The maximum atomic E-state index is 5.75. The van der Waals surface area contributed by atoms with Crippen molar-refractivity contribution in [2.24, 2.45) is 5.92 Å². The smallest absolute Gasteiger partial charge is 0.0635 e. The highest BCUT2D eigenvalue weighted by Gasteiger charge is 2.16. The van der Waals surface area contributed by atoms with Crippen molar-refractivity contribution in [1.29, 1.82) is 0 Å². The summed E-state index contributed by atoms with van der Waals surface area (Å²) in [7, 11) is 0. The van der Waals surface area contributed by atoms with Crippen LogP contribution in [0.3, 0.4) is 0 Å². The average Bonchev–Trinajstić information content (AvgIpc) is 2.00. The molecule has 0 aliphatic rings. The van der Waals surface area contributed by atoms with Gasteiger partial charge in [0.15, 0.2) is 0 Å². The fourth-order valence-corrected chi connectivity index (χ4v) is 1.02. The van der Waals surface area contributed by atoms with Gasteiger partial charge in [-0.25, -0.2) is 0 Å². The Kier molecular flexibility index (Phi) is 5.82. The van der Waals surface area contributed by atoms with Crippen LogP contribution in [0.2, 0.25) is 0 Å². The van der Waals surface area contributed by atoms with Gasteiger partial charge in [0.25, 0.3) is 0 Å². The van der Waals surface area contributed by atoms with Gasteiger partial charge < -0.3 is 4.74 Å². The minimum atomic E-state index is -0.0543. The third-order valence-corrected chi connectivity index (χ3v) is 2.06. The molecule has 0 amide bonds. The van der Waals surface area contributed by atoms with Gasteiger partial charge in [-0.05, 0) is 32.6 Å². The van der Waals surface area contributed by atoms with Crippen molar-refractivity contribution < 1.29 is 4.74 Å². The van der Waals surface area contributed by atoms with Gasteiger partial charge in [0, 0.05) is 13.0 Å². The van der Waals surface area contributed by atoms with Gasteiger partial charge in [0.1, 0.15) is 0 Å². The van der Waals surface area contributed by atoms with E-state index in [-0.39, 0.29) is 5.60 Å². The number of hydrogen-bond acceptors (Lipinski definition) is 1. The number of rotatable bonds is 6. The van der Waals surface area contributed by atoms with Gasteiger partial charge in [-0.2, -0.15) is 0 Å². The first-order valence-electron chi connectivity index (χ1n) is 5.05. The summed E-state index contributed by atoms with van der Waals surface area (Å²) in [5, 5.41) is 0. The molecular weight excluding hydrogens is 160 g/mol. The van der Waals surface area contributed by atoms with E-state index in [1.54, 1.807) is 0 Å². The number of terminal acetylenes is 1. The number of hydrogen-bond donors (Lipinski definition) is 0. The molecule has 0 aromatic rings. The topological polar surface area (TPSA) is 9.23 Å². The molecule has 0 heterocycles. The molecule has 0 atom stereocenters. The first-order valence-corrected chi connectivity index (χ1v) is 5.05. The molecule has 0 N–H and O–H groups in total. The van der Waals surface area contributed by atoms with Crippen LogP contribution in [0.25, 0.3) is 0 Å². The number of ether oxygens (including phenoxy) is 1. The highest BCUT2D eigenvalue weighted by molar-refractivity contribution is 4.86. The minimum Gasteiger partial charge on any atom is -0.376 e. The summed E-state index contributed by atoms with van der Waals surface area (Å²) in [6, 6.07) is 0. The molecule has 0 bridgehead atoms. The lowest BCUT2D eigenvalue weighted by atomic mass is 10.0. The molecule has 13 heavy (non-hydrogen) atoms. The highest BCUT2D eigenvalue weighted by Crippen LogP contribution is 2.17. The van der Waals surface area contributed by atoms with Crippen molar-refractivity contribution in [3.63, 3.8) is 0 Å². The van der Waals surface area contributed by atoms with Gasteiger partial charge in [-0.15, -0.1) is 12.3 Å². The van der Waals surface area contributed by atoms with E-state index in [9.17, 15) is 0 Å². The largest absolute Gasteiger partial charge is 0.376 e. The summed E-state index contributed by atoms with van der Waals surface area (Å²) in [4.78, 5) is 0. The van der Waals surface area contributed by atoms with Crippen LogP contribution in [0, 0.1) is 18.3 Å². The van der Waals surface area contributed by atoms with E-state index in [1.807, 2.05) is 0 Å². The lowest BCUT2D eigenvalue weighted by Gasteiger charge is -2.24. The van der Waals surface area contributed by atoms with Crippen LogP contribution < -0.4 is 0 Å². The van der Waals surface area contributed by atoms with Crippen molar-refractivity contribution in [1.82, 2.24) is 0 Å². The van der Waals surface area contributed by atoms with E-state index in [1.165, 1.54) is 0 Å². The third-order valence-electron chi connectivity index (χ3n) is 2.06. The van der Waals surface area contributed by atoms with Crippen molar-refractivity contribution >= 4 is 0 Å². The van der Waals surface area contributed by atoms with Crippen LogP contribution >= 0.6 is 0 Å². The summed E-state index contributed by atoms with van der Waals surface area (Å²) < 4.78 is 5.75. The molecule has 0 spiro atoms. The summed E-state index contributed by atoms with van der Waals surface area (Å²) in [6.45, 7) is 9.46. The molecule has 1 nitrogen and oxygen atoms in total. The Morgan fingerprint density at radius 3 is 2.46 bits per heavy atom. The minimum absolute atomic E-state index is 0.0543. The van der Waals surface area contributed by atoms with Gasteiger partial charge in [-0.1, -0.05) is 13.8 Å². The third kappa shape index (κ3) is 7.87. The Morgan fingerprint density at radius 1 is 1.38 bits per heavy atom. The van der Waals surface area contributed by atoms with Crippen molar-refractivity contribution in [3.8, 4) is 12.3 Å². The van der Waals surface area contributed by atoms with Crippen LogP contribution in [0.1, 0.15) is 47.0 Å². The van der Waals surface area contributed by atoms with Gasteiger partial charge in [-0.3, -0.25) is 0 Å². The predicted octanol–water partition coefficient (Wildman–Crippen LogP) is 3.24. The first kappa shape index (κ1) is 12.5. The fraction of sp³-hybridized carbons (Fsp3) is 0.833. The zero-order chi connectivity index (χ0) is 10.3. The Morgan fingerprint density at radius 2 is 2.00 bits per heavy atom. The van der Waals surface area contributed by atoms with Crippen molar-refractivity contribution in [2.75, 3.05) is 6.61 Å². The van der Waals surface area contributed by atoms with Crippen LogP contribution in [0.4, 0.5) is 0 Å². The van der Waals surface area contributed by atoms with Crippen LogP contribution in [-0.2, 0) is 4.74 Å². The van der Waals surface area contributed by atoms with E-state index in [0.29, 0.717) is 5.92 Å². The van der Waals surface area contributed by atoms with E-state index < -0.39 is 0 Å². The molecule has 0 saturated carbocycles. The van der Waals surface area contributed by atoms with E-state index in [2.05, 4.69) is 33.6 Å². The Bertz CT molecular complexity index is 162. The zero-order valence-corrected chi connectivity index (χ0v) is 9.39. The molecule has 0 fully saturated rings. The first-order chi connectivity index (χ1) is 5.98. The molecule has 0 unspecified atom stereocenters. The molecule has 0 radical (unpaired) electrons. The Balaban J connectivity index is 3.57. The lowest BCUT2D eigenvalue weighted by molar-refractivity contribution is -0.0266. The molecule has 0 aromatic heterocycles. The second-order valence-electron chi connectivity index (χ2n) is 4.49. The molecule has 76 valence electrons. The molecule has 0 aliphatic carbocycles. The summed E-state index contributed by atoms with van der Waals surface area (Å²) in [5.74, 6) is 3.35. The van der Waals surface area contributed by atoms with Crippen LogP contribution in [-0.4, -0.2) is 12.2 Å². The summed E-state index contributed by atoms with van der Waals surface area (Å²) in [5.41, 5.74) is -0.0543. The highest BCUT2D eigenvalue weighted by atomic mass is 16.5. The molecule has 0 aliphatic heterocycles. The van der Waals surface area contributed by atoms with E-state index in [0.717, 1.165) is 25.9 Å². The normalized spacial score (nSPS) is 11.7. The summed E-state index contributed by atoms with van der Waals surface area (Å²) in [6.07, 6.45) is 8.08. The van der Waals surface area contributed by atoms with E-state index >= 15 is 0 Å². The summed E-state index contributed by atoms with van der Waals surface area (Å²) >= 11 is 0. The van der Waals surface area contributed by atoms with Gasteiger partial charge in [0.05, 0.1) is 5.60 Å². The van der Waals surface area contributed by atoms with Gasteiger partial charge >= 0.3 is 0 Å². The second-order valence-corrected chi connectivity index (χ2v) is 4.49. The fourth-order valence-electron chi connectivity index (χ4n) is 1.02. The van der Waals surface area contributed by atoms with Crippen molar-refractivity contribution in [2.45, 2.75) is 52.6 Å². The molecule has 1 heteroatoms. The van der Waals surface area contributed by atoms with Crippen LogP contribution in [0.15, 0.2) is 0 Å². The zero-order valence-electron chi connectivity index (χ0n) is 9.39. The quantitative estimate of drug-likeness (QED) is 0.573. The average molecular weight is 182 g/mol. The molecular formula is C12H22O. The maximum absolute atomic E-state index is 5.75. The van der Waals surface area contributed by atoms with Crippen molar-refractivity contribution in [3.05, 3.63) is 0 Å². The Labute approximate surface area is 82.9 Å². The standard InChI is InChI=1S/C12H22O/c1-6-7-9-12(4,5)13-10-8-11(2)3/h1,11H,7-10H2,2-5H3. The monoisotopic (exact) mass is 182 g/mol. The SMILES string of the molecule is C#CCCC(C)(C)OCCC(C)C. The molecule has 0 aromatic carbocycles. The van der Waals surface area contributed by atoms with E-state index in [4.69, 9.17) is 11.2 Å². The molecule has 0 rings (SSSR count). The lowest BCUT2D eigenvalue weighted by Crippen LogP contribution is -2.25.